The normalized spacial score (nSPS) is 12.8. The smallest absolute Gasteiger partial charge is 0.276 e. The second kappa shape index (κ2) is 10.6. The molecule has 2 aromatic carbocycles. The molecule has 0 fully saturated rings. The summed E-state index contributed by atoms with van der Waals surface area (Å²) < 4.78 is 39.4. The summed E-state index contributed by atoms with van der Waals surface area (Å²) in [5.74, 6) is -0.922. The van der Waals surface area contributed by atoms with Gasteiger partial charge in [0, 0.05) is 23.2 Å². The zero-order valence-electron chi connectivity index (χ0n) is 22.5. The van der Waals surface area contributed by atoms with Gasteiger partial charge in [0.2, 0.25) is 0 Å². The molecule has 1 aliphatic rings. The van der Waals surface area contributed by atoms with Crippen LogP contribution in [0.2, 0.25) is 0 Å². The van der Waals surface area contributed by atoms with Gasteiger partial charge in [0.1, 0.15) is 16.4 Å². The number of para-hydroxylation sites is 2. The maximum Gasteiger partial charge on any atom is 0.276 e. The third-order valence-corrected chi connectivity index (χ3v) is 9.23. The fourth-order valence-corrected chi connectivity index (χ4v) is 6.49. The summed E-state index contributed by atoms with van der Waals surface area (Å²) in [4.78, 5) is 34.4. The van der Waals surface area contributed by atoms with E-state index in [1.807, 2.05) is 24.3 Å². The van der Waals surface area contributed by atoms with Crippen molar-refractivity contribution in [2.75, 3.05) is 23.0 Å². The molecule has 42 heavy (non-hydrogen) atoms. The number of nitrogens with zero attached hydrogens (tertiary/aromatic N) is 4. The van der Waals surface area contributed by atoms with Gasteiger partial charge in [-0.1, -0.05) is 36.4 Å². The number of hydrogen-bond donors (Lipinski definition) is 1. The monoisotopic (exact) mass is 601 g/mol. The second-order valence-electron chi connectivity index (χ2n) is 9.85. The van der Waals surface area contributed by atoms with Gasteiger partial charge >= 0.3 is 0 Å². The summed E-state index contributed by atoms with van der Waals surface area (Å²) in [5.41, 5.74) is 3.33. The summed E-state index contributed by atoms with van der Waals surface area (Å²) in [6, 6.07) is 18.8. The van der Waals surface area contributed by atoms with Crippen molar-refractivity contribution >= 4 is 44.4 Å². The van der Waals surface area contributed by atoms with Gasteiger partial charge in [-0.3, -0.25) is 9.59 Å². The largest absolute Gasteiger partial charge is 0.319 e. The van der Waals surface area contributed by atoms with Crippen LogP contribution in [0.25, 0.3) is 16.3 Å². The molecule has 0 spiro atoms. The third-order valence-electron chi connectivity index (χ3n) is 6.96. The molecule has 0 atom stereocenters. The lowest BCUT2D eigenvalue weighted by molar-refractivity contribution is 0.0981. The number of hydrogen-bond acceptors (Lipinski definition) is 7. The molecule has 3 aromatic heterocycles. The predicted octanol–water partition coefficient (Wildman–Crippen LogP) is 5.30. The van der Waals surface area contributed by atoms with E-state index in [0.29, 0.717) is 34.9 Å². The summed E-state index contributed by atoms with van der Waals surface area (Å²) in [7, 11) is -3.45. The van der Waals surface area contributed by atoms with Gasteiger partial charge in [-0.05, 0) is 54.8 Å². The highest BCUT2D eigenvalue weighted by atomic mass is 32.2. The van der Waals surface area contributed by atoms with Crippen LogP contribution in [0.15, 0.2) is 84.0 Å². The van der Waals surface area contributed by atoms with Gasteiger partial charge < -0.3 is 10.2 Å². The maximum absolute atomic E-state index is 14.3. The van der Waals surface area contributed by atoms with Crippen molar-refractivity contribution < 1.29 is 22.4 Å². The Morgan fingerprint density at radius 3 is 2.60 bits per heavy atom. The Kier molecular flexibility index (Phi) is 6.95. The van der Waals surface area contributed by atoms with Crippen LogP contribution in [0.1, 0.15) is 31.3 Å². The SMILES string of the molecule is Cc1cccc(F)c1NC(=O)c1cc2c(s1)-c1ccccc1N(C(=O)c1cccc(-n3cc(S(C)(=O)=O)cn3)n1)CC2. The Hall–Kier alpha value is -4.68. The van der Waals surface area contributed by atoms with E-state index in [9.17, 15) is 22.4 Å². The number of pyridine rings is 1. The van der Waals surface area contributed by atoms with E-state index in [1.165, 1.54) is 34.5 Å². The molecule has 9 nitrogen and oxygen atoms in total. The number of sulfone groups is 1. The molecule has 0 unspecified atom stereocenters. The van der Waals surface area contributed by atoms with E-state index in [1.54, 1.807) is 48.2 Å². The molecule has 0 aliphatic carbocycles. The molecule has 0 bridgehead atoms. The van der Waals surface area contributed by atoms with Crippen molar-refractivity contribution in [1.82, 2.24) is 14.8 Å². The van der Waals surface area contributed by atoms with Crippen LogP contribution in [0, 0.1) is 12.7 Å². The molecule has 0 saturated heterocycles. The van der Waals surface area contributed by atoms with Crippen LogP contribution in [0.3, 0.4) is 0 Å². The number of rotatable bonds is 5. The second-order valence-corrected chi connectivity index (χ2v) is 12.9. The highest BCUT2D eigenvalue weighted by molar-refractivity contribution is 7.90. The quantitative estimate of drug-likeness (QED) is 0.292. The molecular formula is C30H24FN5O4S2. The van der Waals surface area contributed by atoms with Gasteiger partial charge in [-0.25, -0.2) is 22.5 Å². The molecule has 5 aromatic rings. The van der Waals surface area contributed by atoms with Crippen molar-refractivity contribution in [2.45, 2.75) is 18.2 Å². The standard InChI is InChI=1S/C30H24FN5O4S2/c1-18-7-5-9-22(31)27(18)34-29(37)25-15-19-13-14-35(24-11-4-3-8-21(24)28(19)41-25)30(38)23-10-6-12-26(33-23)36-17-20(16-32-36)42(2,39)40/h3-12,15-17H,13-14H2,1-2H3,(H,34,37). The molecule has 212 valence electrons. The molecule has 0 saturated carbocycles. The summed E-state index contributed by atoms with van der Waals surface area (Å²) in [5, 5.41) is 6.80. The average molecular weight is 602 g/mol. The first kappa shape index (κ1) is 27.5. The van der Waals surface area contributed by atoms with Gasteiger partial charge in [-0.2, -0.15) is 5.10 Å². The summed E-state index contributed by atoms with van der Waals surface area (Å²) in [6.45, 7) is 2.07. The van der Waals surface area contributed by atoms with Crippen molar-refractivity contribution in [3.63, 3.8) is 0 Å². The van der Waals surface area contributed by atoms with Crippen molar-refractivity contribution in [2.24, 2.45) is 0 Å². The van der Waals surface area contributed by atoms with E-state index in [2.05, 4.69) is 15.4 Å². The molecule has 1 N–H and O–H groups in total. The number of nitrogens with one attached hydrogen (secondary N) is 1. The predicted molar refractivity (Wildman–Crippen MR) is 159 cm³/mol. The number of thiophene rings is 1. The lowest BCUT2D eigenvalue weighted by Crippen LogP contribution is -2.33. The molecule has 12 heteroatoms. The Bertz CT molecular complexity index is 1960. The topological polar surface area (TPSA) is 114 Å². The van der Waals surface area contributed by atoms with E-state index in [4.69, 9.17) is 0 Å². The number of aryl methyl sites for hydroxylation is 1. The first-order chi connectivity index (χ1) is 20.1. The Morgan fingerprint density at radius 1 is 1.05 bits per heavy atom. The van der Waals surface area contributed by atoms with Crippen LogP contribution in [-0.4, -0.2) is 47.8 Å². The average Bonchev–Trinajstić information content (AvgIpc) is 3.61. The van der Waals surface area contributed by atoms with Crippen LogP contribution in [0.5, 0.6) is 0 Å². The number of fused-ring (bicyclic) bond motifs is 3. The Labute approximate surface area is 245 Å². The number of carbonyl (C=O) groups excluding carboxylic acids is 2. The highest BCUT2D eigenvalue weighted by Crippen LogP contribution is 2.42. The summed E-state index contributed by atoms with van der Waals surface area (Å²) in [6.07, 6.45) is 4.17. The minimum Gasteiger partial charge on any atom is -0.319 e. The minimum absolute atomic E-state index is 0.0470. The summed E-state index contributed by atoms with van der Waals surface area (Å²) >= 11 is 1.30. The van der Waals surface area contributed by atoms with Gasteiger partial charge in [0.25, 0.3) is 11.8 Å². The van der Waals surface area contributed by atoms with Gasteiger partial charge in [0.05, 0.1) is 28.6 Å². The number of amides is 2. The molecule has 4 heterocycles. The zero-order valence-corrected chi connectivity index (χ0v) is 24.2. The fraction of sp³-hybridized carbons (Fsp3) is 0.133. The van der Waals surface area contributed by atoms with Crippen molar-refractivity contribution in [1.29, 1.82) is 0 Å². The van der Waals surface area contributed by atoms with Gasteiger partial charge in [-0.15, -0.1) is 11.3 Å². The fourth-order valence-electron chi connectivity index (χ4n) is 4.82. The first-order valence-electron chi connectivity index (χ1n) is 12.9. The lowest BCUT2D eigenvalue weighted by atomic mass is 10.1. The number of benzene rings is 2. The Morgan fingerprint density at radius 2 is 1.83 bits per heavy atom. The maximum atomic E-state index is 14.3. The number of carbonyl (C=O) groups is 2. The van der Waals surface area contributed by atoms with Crippen molar-refractivity contribution in [3.8, 4) is 16.3 Å². The molecule has 6 rings (SSSR count). The minimum atomic E-state index is -3.45. The number of aromatic nitrogens is 3. The zero-order chi connectivity index (χ0) is 29.6. The first-order valence-corrected chi connectivity index (χ1v) is 15.6. The highest BCUT2D eigenvalue weighted by Gasteiger charge is 2.28. The van der Waals surface area contributed by atoms with Crippen molar-refractivity contribution in [3.05, 3.63) is 107 Å². The van der Waals surface area contributed by atoms with E-state index >= 15 is 0 Å². The van der Waals surface area contributed by atoms with E-state index < -0.39 is 21.6 Å². The Balaban J connectivity index is 1.31. The van der Waals surface area contributed by atoms with E-state index in [-0.39, 0.29) is 22.2 Å². The van der Waals surface area contributed by atoms with Gasteiger partial charge in [0.15, 0.2) is 15.7 Å². The number of anilines is 2. The molecular weight excluding hydrogens is 577 g/mol. The molecule has 2 amide bonds. The van der Waals surface area contributed by atoms with Crippen LogP contribution in [0.4, 0.5) is 15.8 Å². The van der Waals surface area contributed by atoms with Crippen LogP contribution >= 0.6 is 11.3 Å². The molecule has 1 aliphatic heterocycles. The van der Waals surface area contributed by atoms with Crippen LogP contribution in [-0.2, 0) is 16.3 Å². The van der Waals surface area contributed by atoms with E-state index in [0.717, 1.165) is 22.3 Å². The number of halogens is 1. The third kappa shape index (κ3) is 5.10. The van der Waals surface area contributed by atoms with Crippen LogP contribution < -0.4 is 10.2 Å². The lowest BCUT2D eigenvalue weighted by Gasteiger charge is -2.22. The molecule has 0 radical (unpaired) electrons.